The molecule has 0 aliphatic heterocycles. The lowest BCUT2D eigenvalue weighted by molar-refractivity contribution is 0.477. The van der Waals surface area contributed by atoms with Crippen molar-refractivity contribution < 1.29 is 4.43 Å². The summed E-state index contributed by atoms with van der Waals surface area (Å²) in [6.07, 6.45) is 0. The molecule has 0 heterocycles. The van der Waals surface area contributed by atoms with Gasteiger partial charge in [0.2, 0.25) is 8.32 Å². The third-order valence-corrected chi connectivity index (χ3v) is 4.35. The van der Waals surface area contributed by atoms with E-state index >= 15 is 0 Å². The first-order valence-electron chi connectivity index (χ1n) is 7.25. The van der Waals surface area contributed by atoms with Crippen LogP contribution >= 0.6 is 15.9 Å². The number of hydrogen-bond donors (Lipinski definition) is 0. The summed E-state index contributed by atoms with van der Waals surface area (Å²) in [5.74, 6) is 1.10. The van der Waals surface area contributed by atoms with E-state index in [4.69, 9.17) is 4.43 Å². The fraction of sp³-hybridized carbons (Fsp3) is 0.647. The van der Waals surface area contributed by atoms with Crippen LogP contribution in [-0.4, -0.2) is 8.32 Å². The summed E-state index contributed by atoms with van der Waals surface area (Å²) in [4.78, 5) is 0. The Bertz CT molecular complexity index is 452. The van der Waals surface area contributed by atoms with E-state index in [0.717, 1.165) is 10.2 Å². The van der Waals surface area contributed by atoms with Crippen molar-refractivity contribution in [3.63, 3.8) is 0 Å². The molecule has 0 saturated carbocycles. The zero-order chi connectivity index (χ0) is 15.9. The molecule has 0 aliphatic rings. The number of rotatable bonds is 2. The van der Waals surface area contributed by atoms with E-state index in [2.05, 4.69) is 89.2 Å². The van der Waals surface area contributed by atoms with Crippen LogP contribution in [0, 0.1) is 0 Å². The van der Waals surface area contributed by atoms with Crippen LogP contribution in [0.5, 0.6) is 5.75 Å². The summed E-state index contributed by atoms with van der Waals surface area (Å²) in [6, 6.07) is 4.43. The lowest BCUT2D eigenvalue weighted by Gasteiger charge is -2.33. The minimum absolute atomic E-state index is 0.0682. The largest absolute Gasteiger partial charge is 0.544 e. The molecule has 0 saturated heterocycles. The van der Waals surface area contributed by atoms with Crippen molar-refractivity contribution in [1.29, 1.82) is 0 Å². The van der Waals surface area contributed by atoms with Gasteiger partial charge in [-0.1, -0.05) is 57.5 Å². The van der Waals surface area contributed by atoms with Crippen molar-refractivity contribution in [2.45, 2.75) is 72.0 Å². The maximum Gasteiger partial charge on any atom is 0.242 e. The fourth-order valence-corrected chi connectivity index (χ4v) is 3.41. The highest BCUT2D eigenvalue weighted by molar-refractivity contribution is 9.10. The van der Waals surface area contributed by atoms with E-state index in [0.29, 0.717) is 0 Å². The molecule has 0 unspecified atom stereocenters. The average Bonchev–Trinajstić information content (AvgIpc) is 2.14. The molecule has 0 aromatic heterocycles. The molecule has 1 aromatic rings. The molecule has 0 aliphatic carbocycles. The molecule has 0 spiro atoms. The van der Waals surface area contributed by atoms with E-state index in [1.54, 1.807) is 0 Å². The lowest BCUT2D eigenvalue weighted by atomic mass is 9.79. The third-order valence-electron chi connectivity index (χ3n) is 3.08. The summed E-state index contributed by atoms with van der Waals surface area (Å²) in [5, 5.41) is 0. The Morgan fingerprint density at radius 2 is 1.20 bits per heavy atom. The first-order chi connectivity index (χ1) is 8.72. The van der Waals surface area contributed by atoms with Crippen LogP contribution < -0.4 is 4.43 Å². The molecule has 20 heavy (non-hydrogen) atoms. The van der Waals surface area contributed by atoms with Gasteiger partial charge in [0, 0.05) is 4.47 Å². The van der Waals surface area contributed by atoms with E-state index in [1.807, 2.05) is 0 Å². The predicted octanol–water partition coefficient (Wildman–Crippen LogP) is 6.26. The van der Waals surface area contributed by atoms with Gasteiger partial charge < -0.3 is 4.43 Å². The number of hydrogen-bond acceptors (Lipinski definition) is 1. The molecule has 114 valence electrons. The quantitative estimate of drug-likeness (QED) is 0.568. The third kappa shape index (κ3) is 4.63. The van der Waals surface area contributed by atoms with Crippen LogP contribution in [0.2, 0.25) is 19.6 Å². The zero-order valence-electron chi connectivity index (χ0n) is 14.4. The predicted molar refractivity (Wildman–Crippen MR) is 95.5 cm³/mol. The molecule has 1 nitrogen and oxygen atoms in total. The second kappa shape index (κ2) is 5.49. The second-order valence-corrected chi connectivity index (χ2v) is 13.9. The highest BCUT2D eigenvalue weighted by Gasteiger charge is 2.30. The van der Waals surface area contributed by atoms with Gasteiger partial charge in [0.25, 0.3) is 0 Å². The van der Waals surface area contributed by atoms with Crippen molar-refractivity contribution in [3.05, 3.63) is 27.7 Å². The van der Waals surface area contributed by atoms with Crippen molar-refractivity contribution in [1.82, 2.24) is 0 Å². The first-order valence-corrected chi connectivity index (χ1v) is 11.5. The van der Waals surface area contributed by atoms with Crippen LogP contribution in [0.25, 0.3) is 0 Å². The second-order valence-electron chi connectivity index (χ2n) is 8.54. The lowest BCUT2D eigenvalue weighted by Crippen LogP contribution is -2.32. The van der Waals surface area contributed by atoms with Gasteiger partial charge in [0.1, 0.15) is 5.75 Å². The number of benzene rings is 1. The Morgan fingerprint density at radius 3 is 1.45 bits per heavy atom. The molecule has 0 fully saturated rings. The van der Waals surface area contributed by atoms with Crippen molar-refractivity contribution in [2.24, 2.45) is 0 Å². The van der Waals surface area contributed by atoms with Gasteiger partial charge in [0.15, 0.2) is 0 Å². The molecule has 1 rings (SSSR count). The topological polar surface area (TPSA) is 9.23 Å². The van der Waals surface area contributed by atoms with Crippen molar-refractivity contribution in [2.75, 3.05) is 0 Å². The summed E-state index contributed by atoms with van der Waals surface area (Å²) in [5.41, 5.74) is 2.72. The van der Waals surface area contributed by atoms with E-state index in [1.165, 1.54) is 11.1 Å². The molecule has 0 bridgehead atoms. The van der Waals surface area contributed by atoms with Crippen LogP contribution in [0.15, 0.2) is 16.6 Å². The summed E-state index contributed by atoms with van der Waals surface area (Å²) >= 11 is 3.67. The monoisotopic (exact) mass is 356 g/mol. The highest BCUT2D eigenvalue weighted by Crippen LogP contribution is 2.42. The minimum atomic E-state index is -1.65. The molecular formula is C17H29BrOSi. The van der Waals surface area contributed by atoms with Crippen LogP contribution in [0.4, 0.5) is 0 Å². The molecule has 0 N–H and O–H groups in total. The Labute approximate surface area is 134 Å². The van der Waals surface area contributed by atoms with Crippen LogP contribution in [0.1, 0.15) is 52.7 Å². The van der Waals surface area contributed by atoms with Gasteiger partial charge in [0.05, 0.1) is 0 Å². The summed E-state index contributed by atoms with van der Waals surface area (Å²) < 4.78 is 7.62. The van der Waals surface area contributed by atoms with Crippen LogP contribution in [0.3, 0.4) is 0 Å². The van der Waals surface area contributed by atoms with E-state index in [9.17, 15) is 0 Å². The molecule has 0 atom stereocenters. The molecule has 3 heteroatoms. The standard InChI is InChI=1S/C17H29BrOSi/c1-16(2,3)13-10-12(18)11-14(17(4,5)6)15(13)19-20(7,8)9/h10-11H,1-9H3. The normalized spacial score (nSPS) is 13.5. The van der Waals surface area contributed by atoms with Crippen molar-refractivity contribution in [3.8, 4) is 5.75 Å². The van der Waals surface area contributed by atoms with E-state index in [-0.39, 0.29) is 10.8 Å². The van der Waals surface area contributed by atoms with Gasteiger partial charge in [-0.25, -0.2) is 0 Å². The van der Waals surface area contributed by atoms with Crippen LogP contribution in [-0.2, 0) is 10.8 Å². The maximum absolute atomic E-state index is 6.49. The molecular weight excluding hydrogens is 328 g/mol. The van der Waals surface area contributed by atoms with Gasteiger partial charge in [-0.05, 0) is 53.7 Å². The SMILES string of the molecule is CC(C)(C)c1cc(Br)cc(C(C)(C)C)c1O[Si](C)(C)C. The molecule has 0 radical (unpaired) electrons. The van der Waals surface area contributed by atoms with Gasteiger partial charge in [-0.3, -0.25) is 0 Å². The average molecular weight is 357 g/mol. The molecule has 0 amide bonds. The Kier molecular flexibility index (Phi) is 4.88. The summed E-state index contributed by atoms with van der Waals surface area (Å²) in [6.45, 7) is 20.2. The minimum Gasteiger partial charge on any atom is -0.544 e. The Morgan fingerprint density at radius 1 is 0.850 bits per heavy atom. The summed E-state index contributed by atoms with van der Waals surface area (Å²) in [7, 11) is -1.65. The maximum atomic E-state index is 6.49. The highest BCUT2D eigenvalue weighted by atomic mass is 79.9. The van der Waals surface area contributed by atoms with Gasteiger partial charge in [-0.15, -0.1) is 0 Å². The zero-order valence-corrected chi connectivity index (χ0v) is 17.0. The first kappa shape index (κ1) is 17.8. The van der Waals surface area contributed by atoms with Gasteiger partial charge in [-0.2, -0.15) is 0 Å². The molecule has 1 aromatic carbocycles. The smallest absolute Gasteiger partial charge is 0.242 e. The number of halogens is 1. The van der Waals surface area contributed by atoms with E-state index < -0.39 is 8.32 Å². The van der Waals surface area contributed by atoms with Gasteiger partial charge >= 0.3 is 0 Å². The van der Waals surface area contributed by atoms with Crippen molar-refractivity contribution >= 4 is 24.2 Å². The Hall–Kier alpha value is -0.283. The fourth-order valence-electron chi connectivity index (χ4n) is 2.12. The Balaban J connectivity index is 3.63.